The highest BCUT2D eigenvalue weighted by molar-refractivity contribution is 7.60. The van der Waals surface area contributed by atoms with Gasteiger partial charge in [-0.05, 0) is 44.6 Å². The molecular formula is C24H37N2O6P. The predicted molar refractivity (Wildman–Crippen MR) is 127 cm³/mol. The van der Waals surface area contributed by atoms with E-state index in [0.29, 0.717) is 38.6 Å². The monoisotopic (exact) mass is 480 g/mol. The Hall–Kier alpha value is -2.18. The number of aliphatic carboxylic acids is 1. The SMILES string of the molecule is CCCCCC(=O)NC(CCc1ccccc1)P(=O)(CC(=O)N1CCC[C@H]1C(=O)O)OCC. The summed E-state index contributed by atoms with van der Waals surface area (Å²) in [6, 6.07) is 8.75. The molecular weight excluding hydrogens is 443 g/mol. The first-order valence-corrected chi connectivity index (χ1v) is 13.8. The number of hydrogen-bond acceptors (Lipinski definition) is 5. The third kappa shape index (κ3) is 8.27. The molecule has 0 radical (unpaired) electrons. The van der Waals surface area contributed by atoms with Crippen molar-refractivity contribution in [3.8, 4) is 0 Å². The van der Waals surface area contributed by atoms with Crippen molar-refractivity contribution in [3.63, 3.8) is 0 Å². The van der Waals surface area contributed by atoms with Gasteiger partial charge < -0.3 is 19.8 Å². The quantitative estimate of drug-likeness (QED) is 0.307. The second kappa shape index (κ2) is 13.5. The summed E-state index contributed by atoms with van der Waals surface area (Å²) < 4.78 is 19.7. The molecule has 0 spiro atoms. The van der Waals surface area contributed by atoms with Crippen LogP contribution in [0, 0.1) is 0 Å². The molecule has 2 rings (SSSR count). The average molecular weight is 481 g/mol. The van der Waals surface area contributed by atoms with E-state index >= 15 is 0 Å². The number of unbranched alkanes of at least 4 members (excludes halogenated alkanes) is 2. The molecule has 0 aliphatic carbocycles. The lowest BCUT2D eigenvalue weighted by molar-refractivity contribution is -0.147. The lowest BCUT2D eigenvalue weighted by Crippen LogP contribution is -2.44. The Balaban J connectivity index is 2.20. The molecule has 1 aliphatic rings. The van der Waals surface area contributed by atoms with Crippen molar-refractivity contribution in [3.05, 3.63) is 35.9 Å². The Labute approximate surface area is 196 Å². The van der Waals surface area contributed by atoms with E-state index in [1.807, 2.05) is 30.3 Å². The van der Waals surface area contributed by atoms with E-state index in [1.165, 1.54) is 4.90 Å². The highest BCUT2D eigenvalue weighted by Gasteiger charge is 2.41. The fraction of sp³-hybridized carbons (Fsp3) is 0.625. The number of amides is 2. The van der Waals surface area contributed by atoms with Crippen LogP contribution in [-0.4, -0.2) is 58.9 Å². The number of aryl methyl sites for hydroxylation is 1. The zero-order chi connectivity index (χ0) is 24.3. The van der Waals surface area contributed by atoms with Crippen molar-refractivity contribution >= 4 is 25.2 Å². The summed E-state index contributed by atoms with van der Waals surface area (Å²) in [6.07, 6.45) is 4.44. The minimum Gasteiger partial charge on any atom is -0.480 e. The molecule has 1 saturated heterocycles. The summed E-state index contributed by atoms with van der Waals surface area (Å²) in [5, 5.41) is 12.3. The van der Waals surface area contributed by atoms with Crippen LogP contribution in [-0.2, 0) is 29.9 Å². The summed E-state index contributed by atoms with van der Waals surface area (Å²) in [6.45, 7) is 4.20. The second-order valence-corrected chi connectivity index (χ2v) is 11.1. The molecule has 2 N–H and O–H groups in total. The molecule has 0 bridgehead atoms. The van der Waals surface area contributed by atoms with E-state index in [1.54, 1.807) is 6.92 Å². The van der Waals surface area contributed by atoms with E-state index in [2.05, 4.69) is 12.2 Å². The molecule has 9 heteroatoms. The minimum atomic E-state index is -3.64. The number of hydrogen-bond donors (Lipinski definition) is 2. The summed E-state index contributed by atoms with van der Waals surface area (Å²) in [5.74, 6) is -2.58. The number of rotatable bonds is 14. The van der Waals surface area contributed by atoms with Crippen molar-refractivity contribution in [1.82, 2.24) is 10.2 Å². The van der Waals surface area contributed by atoms with Gasteiger partial charge in [-0.15, -0.1) is 0 Å². The summed E-state index contributed by atoms with van der Waals surface area (Å²) in [7, 11) is -3.64. The number of carboxylic acids is 1. The van der Waals surface area contributed by atoms with Gasteiger partial charge in [0.25, 0.3) is 0 Å². The largest absolute Gasteiger partial charge is 0.480 e. The van der Waals surface area contributed by atoms with Crippen LogP contribution in [0.5, 0.6) is 0 Å². The molecule has 1 aromatic carbocycles. The standard InChI is InChI=1S/C24H37N2O6P/c1-3-5-7-14-21(27)25-22(16-15-19-11-8-6-9-12-19)33(31,32-4-2)18-23(28)26-17-10-13-20(26)24(29)30/h6,8-9,11-12,20,22H,3-5,7,10,13-18H2,1-2H3,(H,25,27)(H,29,30)/t20-,22?,33?/m0/s1. The van der Waals surface area contributed by atoms with Gasteiger partial charge in [0.1, 0.15) is 18.0 Å². The van der Waals surface area contributed by atoms with Gasteiger partial charge >= 0.3 is 5.97 Å². The summed E-state index contributed by atoms with van der Waals surface area (Å²) in [4.78, 5) is 38.4. The molecule has 33 heavy (non-hydrogen) atoms. The smallest absolute Gasteiger partial charge is 0.326 e. The molecule has 1 heterocycles. The van der Waals surface area contributed by atoms with Crippen LogP contribution >= 0.6 is 7.37 Å². The maximum absolute atomic E-state index is 14.0. The first kappa shape index (κ1) is 27.1. The highest BCUT2D eigenvalue weighted by Crippen LogP contribution is 2.52. The van der Waals surface area contributed by atoms with Gasteiger partial charge in [-0.1, -0.05) is 50.1 Å². The molecule has 1 fully saturated rings. The third-order valence-electron chi connectivity index (χ3n) is 5.92. The van der Waals surface area contributed by atoms with E-state index in [0.717, 1.165) is 24.8 Å². The Morgan fingerprint density at radius 3 is 2.58 bits per heavy atom. The van der Waals surface area contributed by atoms with Crippen LogP contribution in [0.4, 0.5) is 0 Å². The van der Waals surface area contributed by atoms with E-state index < -0.39 is 37.2 Å². The second-order valence-electron chi connectivity index (χ2n) is 8.45. The number of nitrogens with one attached hydrogen (secondary N) is 1. The van der Waals surface area contributed by atoms with Crippen molar-refractivity contribution in [1.29, 1.82) is 0 Å². The Bertz CT molecular complexity index is 832. The summed E-state index contributed by atoms with van der Waals surface area (Å²) in [5.41, 5.74) is 1.03. The van der Waals surface area contributed by atoms with Crippen LogP contribution < -0.4 is 5.32 Å². The summed E-state index contributed by atoms with van der Waals surface area (Å²) >= 11 is 0. The number of carbonyl (C=O) groups excluding carboxylic acids is 2. The lowest BCUT2D eigenvalue weighted by atomic mass is 10.1. The third-order valence-corrected chi connectivity index (χ3v) is 8.66. The predicted octanol–water partition coefficient (Wildman–Crippen LogP) is 4.03. The molecule has 1 aliphatic heterocycles. The van der Waals surface area contributed by atoms with E-state index in [9.17, 15) is 24.1 Å². The van der Waals surface area contributed by atoms with Crippen molar-refractivity contribution in [2.45, 2.75) is 77.0 Å². The van der Waals surface area contributed by atoms with Gasteiger partial charge in [-0.25, -0.2) is 4.79 Å². The normalized spacial score (nSPS) is 18.5. The number of benzene rings is 1. The van der Waals surface area contributed by atoms with Gasteiger partial charge in [-0.2, -0.15) is 0 Å². The minimum absolute atomic E-state index is 0.125. The van der Waals surface area contributed by atoms with Gasteiger partial charge in [0.05, 0.1) is 6.61 Å². The van der Waals surface area contributed by atoms with E-state index in [-0.39, 0.29) is 12.5 Å². The van der Waals surface area contributed by atoms with Gasteiger partial charge in [0.2, 0.25) is 19.2 Å². The first-order chi connectivity index (χ1) is 15.8. The number of nitrogens with zero attached hydrogens (tertiary/aromatic N) is 1. The fourth-order valence-corrected chi connectivity index (χ4v) is 6.53. The lowest BCUT2D eigenvalue weighted by Gasteiger charge is -2.30. The van der Waals surface area contributed by atoms with Crippen molar-refractivity contribution in [2.24, 2.45) is 0 Å². The zero-order valence-electron chi connectivity index (χ0n) is 19.7. The molecule has 8 nitrogen and oxygen atoms in total. The van der Waals surface area contributed by atoms with Crippen LogP contribution in [0.3, 0.4) is 0 Å². The Kier molecular flexibility index (Phi) is 11.1. The maximum Gasteiger partial charge on any atom is 0.326 e. The Morgan fingerprint density at radius 2 is 1.94 bits per heavy atom. The number of likely N-dealkylation sites (tertiary alicyclic amines) is 1. The number of carbonyl (C=O) groups is 3. The van der Waals surface area contributed by atoms with E-state index in [4.69, 9.17) is 4.52 Å². The highest BCUT2D eigenvalue weighted by atomic mass is 31.2. The number of carboxylic acid groups (broad SMARTS) is 1. The zero-order valence-corrected chi connectivity index (χ0v) is 20.6. The van der Waals surface area contributed by atoms with Crippen LogP contribution in [0.1, 0.15) is 64.4 Å². The van der Waals surface area contributed by atoms with Crippen molar-refractivity contribution in [2.75, 3.05) is 19.3 Å². The average Bonchev–Trinajstić information content (AvgIpc) is 3.28. The molecule has 184 valence electrons. The van der Waals surface area contributed by atoms with Gasteiger partial charge in [-0.3, -0.25) is 14.2 Å². The molecule has 3 atom stereocenters. The topological polar surface area (TPSA) is 113 Å². The van der Waals surface area contributed by atoms with Crippen LogP contribution in [0.15, 0.2) is 30.3 Å². The molecule has 2 amide bonds. The first-order valence-electron chi connectivity index (χ1n) is 11.9. The molecule has 1 aromatic rings. The fourth-order valence-electron chi connectivity index (χ4n) is 4.17. The van der Waals surface area contributed by atoms with Crippen molar-refractivity contribution < 1.29 is 28.6 Å². The molecule has 2 unspecified atom stereocenters. The van der Waals surface area contributed by atoms with Gasteiger partial charge in [0, 0.05) is 13.0 Å². The van der Waals surface area contributed by atoms with Gasteiger partial charge in [0.15, 0.2) is 0 Å². The molecule has 0 saturated carbocycles. The van der Waals surface area contributed by atoms with Crippen LogP contribution in [0.2, 0.25) is 0 Å². The molecule has 0 aromatic heterocycles. The Morgan fingerprint density at radius 1 is 1.21 bits per heavy atom. The van der Waals surface area contributed by atoms with Crippen LogP contribution in [0.25, 0.3) is 0 Å². The maximum atomic E-state index is 14.0.